The molecule has 0 spiro atoms. The molecule has 5 nitrogen and oxygen atoms in total. The monoisotopic (exact) mass is 388 g/mol. The van der Waals surface area contributed by atoms with Gasteiger partial charge >= 0.3 is 6.18 Å². The molecule has 1 amide bonds. The Bertz CT molecular complexity index is 996. The fourth-order valence-corrected chi connectivity index (χ4v) is 2.88. The summed E-state index contributed by atoms with van der Waals surface area (Å²) in [6.45, 7) is 3.94. The van der Waals surface area contributed by atoms with Crippen LogP contribution in [0.4, 0.5) is 13.2 Å². The molecule has 0 saturated heterocycles. The Labute approximate surface area is 160 Å². The van der Waals surface area contributed by atoms with Crippen LogP contribution in [-0.4, -0.2) is 20.7 Å². The Morgan fingerprint density at radius 2 is 1.71 bits per heavy atom. The van der Waals surface area contributed by atoms with Crippen molar-refractivity contribution in [1.82, 2.24) is 20.1 Å². The van der Waals surface area contributed by atoms with Crippen molar-refractivity contribution in [3.8, 4) is 0 Å². The molecule has 0 bridgehead atoms. The highest BCUT2D eigenvalue weighted by Crippen LogP contribution is 2.29. The highest BCUT2D eigenvalue weighted by Gasteiger charge is 2.35. The Balaban J connectivity index is 1.97. The standard InChI is InChI=1S/C20H19F3N4O/c1-12-4-5-15(10-13(12)2)18(14-6-8-24-9-7-14)25-19(28)16-11-17(20(21,22)23)26-27(16)3/h4-11,18H,1-3H3,(H,25,28). The van der Waals surface area contributed by atoms with Gasteiger partial charge in [0.25, 0.3) is 5.91 Å². The van der Waals surface area contributed by atoms with Crippen LogP contribution in [0.5, 0.6) is 0 Å². The largest absolute Gasteiger partial charge is 0.435 e. The summed E-state index contributed by atoms with van der Waals surface area (Å²) in [4.78, 5) is 16.7. The number of hydrogen-bond acceptors (Lipinski definition) is 3. The van der Waals surface area contributed by atoms with E-state index in [2.05, 4.69) is 15.4 Å². The van der Waals surface area contributed by atoms with Gasteiger partial charge in [-0.25, -0.2) is 0 Å². The number of halogens is 3. The average molecular weight is 388 g/mol. The lowest BCUT2D eigenvalue weighted by Crippen LogP contribution is -2.30. The Kier molecular flexibility index (Phi) is 5.22. The van der Waals surface area contributed by atoms with Crippen LogP contribution in [0, 0.1) is 13.8 Å². The Morgan fingerprint density at radius 3 is 2.29 bits per heavy atom. The number of nitrogens with zero attached hydrogens (tertiary/aromatic N) is 3. The van der Waals surface area contributed by atoms with Crippen LogP contribution >= 0.6 is 0 Å². The molecule has 8 heteroatoms. The van der Waals surface area contributed by atoms with Gasteiger partial charge in [-0.3, -0.25) is 14.5 Å². The van der Waals surface area contributed by atoms with E-state index in [0.717, 1.165) is 33.0 Å². The molecule has 28 heavy (non-hydrogen) atoms. The van der Waals surface area contributed by atoms with E-state index in [1.165, 1.54) is 7.05 Å². The number of hydrogen-bond donors (Lipinski definition) is 1. The Hall–Kier alpha value is -3.16. The lowest BCUT2D eigenvalue weighted by atomic mass is 9.96. The molecule has 146 valence electrons. The van der Waals surface area contributed by atoms with Crippen molar-refractivity contribution >= 4 is 5.91 Å². The van der Waals surface area contributed by atoms with Crippen molar-refractivity contribution in [3.63, 3.8) is 0 Å². The van der Waals surface area contributed by atoms with E-state index in [1.807, 2.05) is 32.0 Å². The van der Waals surface area contributed by atoms with Gasteiger partial charge in [0.1, 0.15) is 5.69 Å². The zero-order valence-corrected chi connectivity index (χ0v) is 15.6. The summed E-state index contributed by atoms with van der Waals surface area (Å²) in [6, 6.07) is 9.49. The average Bonchev–Trinajstić information content (AvgIpc) is 3.05. The minimum atomic E-state index is -4.62. The molecule has 0 fully saturated rings. The maximum atomic E-state index is 12.9. The predicted octanol–water partition coefficient (Wildman–Crippen LogP) is 3.97. The molecule has 1 atom stereocenters. The van der Waals surface area contributed by atoms with Crippen molar-refractivity contribution in [2.45, 2.75) is 26.1 Å². The van der Waals surface area contributed by atoms with Crippen molar-refractivity contribution in [2.75, 3.05) is 0 Å². The molecule has 3 aromatic rings. The first-order chi connectivity index (χ1) is 13.2. The van der Waals surface area contributed by atoms with Crippen LogP contribution in [0.2, 0.25) is 0 Å². The molecule has 2 aromatic heterocycles. The van der Waals surface area contributed by atoms with E-state index < -0.39 is 23.8 Å². The number of aryl methyl sites for hydroxylation is 3. The summed E-state index contributed by atoms with van der Waals surface area (Å²) in [7, 11) is 1.31. The van der Waals surface area contributed by atoms with Crippen LogP contribution in [0.1, 0.15) is 44.5 Å². The van der Waals surface area contributed by atoms with E-state index in [1.54, 1.807) is 24.5 Å². The van der Waals surface area contributed by atoms with Crippen molar-refractivity contribution in [3.05, 3.63) is 82.4 Å². The number of benzene rings is 1. The van der Waals surface area contributed by atoms with Gasteiger partial charge in [0.2, 0.25) is 0 Å². The van der Waals surface area contributed by atoms with Gasteiger partial charge in [-0.1, -0.05) is 18.2 Å². The van der Waals surface area contributed by atoms with Crippen molar-refractivity contribution < 1.29 is 18.0 Å². The van der Waals surface area contributed by atoms with Crippen LogP contribution in [0.3, 0.4) is 0 Å². The predicted molar refractivity (Wildman–Crippen MR) is 97.7 cm³/mol. The molecule has 3 rings (SSSR count). The van der Waals surface area contributed by atoms with Gasteiger partial charge < -0.3 is 5.32 Å². The SMILES string of the molecule is Cc1ccc(C(NC(=O)c2cc(C(F)(F)F)nn2C)c2ccncc2)cc1C. The molecule has 1 N–H and O–H groups in total. The quantitative estimate of drug-likeness (QED) is 0.736. The number of carbonyl (C=O) groups excluding carboxylic acids is 1. The Morgan fingerprint density at radius 1 is 1.04 bits per heavy atom. The minimum Gasteiger partial charge on any atom is -0.340 e. The molecule has 0 saturated carbocycles. The molecule has 2 heterocycles. The number of amides is 1. The molecular weight excluding hydrogens is 369 g/mol. The number of alkyl halides is 3. The first kappa shape index (κ1) is 19.6. The highest BCUT2D eigenvalue weighted by molar-refractivity contribution is 5.93. The van der Waals surface area contributed by atoms with E-state index >= 15 is 0 Å². The fourth-order valence-electron chi connectivity index (χ4n) is 2.88. The first-order valence-corrected chi connectivity index (χ1v) is 8.56. The number of aromatic nitrogens is 3. The van der Waals surface area contributed by atoms with Gasteiger partial charge in [-0.05, 0) is 48.2 Å². The lowest BCUT2D eigenvalue weighted by Gasteiger charge is -2.20. The second kappa shape index (κ2) is 7.46. The number of pyridine rings is 1. The van der Waals surface area contributed by atoms with Crippen LogP contribution in [0.25, 0.3) is 0 Å². The maximum Gasteiger partial charge on any atom is 0.435 e. The molecule has 0 aliphatic heterocycles. The molecule has 0 radical (unpaired) electrons. The van der Waals surface area contributed by atoms with Gasteiger partial charge in [0, 0.05) is 25.5 Å². The summed E-state index contributed by atoms with van der Waals surface area (Å²) in [6.07, 6.45) is -1.42. The van der Waals surface area contributed by atoms with Crippen LogP contribution in [0.15, 0.2) is 48.8 Å². The minimum absolute atomic E-state index is 0.171. The maximum absolute atomic E-state index is 12.9. The number of rotatable bonds is 4. The second-order valence-electron chi connectivity index (χ2n) is 6.57. The molecule has 0 aliphatic carbocycles. The van der Waals surface area contributed by atoms with Crippen molar-refractivity contribution in [1.29, 1.82) is 0 Å². The van der Waals surface area contributed by atoms with Gasteiger partial charge in [-0.2, -0.15) is 18.3 Å². The number of carbonyl (C=O) groups is 1. The topological polar surface area (TPSA) is 59.8 Å². The molecule has 1 unspecified atom stereocenters. The summed E-state index contributed by atoms with van der Waals surface area (Å²) in [5.41, 5.74) is 2.46. The summed E-state index contributed by atoms with van der Waals surface area (Å²) < 4.78 is 39.6. The van der Waals surface area contributed by atoms with E-state index in [0.29, 0.717) is 0 Å². The first-order valence-electron chi connectivity index (χ1n) is 8.56. The normalized spacial score (nSPS) is 12.6. The van der Waals surface area contributed by atoms with Gasteiger partial charge in [-0.15, -0.1) is 0 Å². The summed E-state index contributed by atoms with van der Waals surface area (Å²) >= 11 is 0. The van der Waals surface area contributed by atoms with Gasteiger partial charge in [0.15, 0.2) is 5.69 Å². The van der Waals surface area contributed by atoms with E-state index in [9.17, 15) is 18.0 Å². The highest BCUT2D eigenvalue weighted by atomic mass is 19.4. The fraction of sp³-hybridized carbons (Fsp3) is 0.250. The summed E-state index contributed by atoms with van der Waals surface area (Å²) in [5.74, 6) is -0.648. The zero-order chi connectivity index (χ0) is 20.5. The molecular formula is C20H19F3N4O. The third-order valence-corrected chi connectivity index (χ3v) is 4.58. The smallest absolute Gasteiger partial charge is 0.340 e. The molecule has 0 aliphatic rings. The third kappa shape index (κ3) is 4.05. The lowest BCUT2D eigenvalue weighted by molar-refractivity contribution is -0.141. The molecule has 1 aromatic carbocycles. The van der Waals surface area contributed by atoms with E-state index in [-0.39, 0.29) is 5.69 Å². The second-order valence-corrected chi connectivity index (χ2v) is 6.57. The zero-order valence-electron chi connectivity index (χ0n) is 15.6. The van der Waals surface area contributed by atoms with E-state index in [4.69, 9.17) is 0 Å². The summed E-state index contributed by atoms with van der Waals surface area (Å²) in [5, 5.41) is 6.23. The third-order valence-electron chi connectivity index (χ3n) is 4.58. The van der Waals surface area contributed by atoms with Crippen LogP contribution in [-0.2, 0) is 13.2 Å². The number of nitrogens with one attached hydrogen (secondary N) is 1. The van der Waals surface area contributed by atoms with Gasteiger partial charge in [0.05, 0.1) is 6.04 Å². The van der Waals surface area contributed by atoms with Crippen LogP contribution < -0.4 is 5.32 Å². The van der Waals surface area contributed by atoms with Crippen molar-refractivity contribution in [2.24, 2.45) is 7.05 Å².